The van der Waals surface area contributed by atoms with Gasteiger partial charge in [-0.05, 0) is 56.2 Å². The van der Waals surface area contributed by atoms with Crippen LogP contribution in [0.1, 0.15) is 44.2 Å². The number of esters is 2. The summed E-state index contributed by atoms with van der Waals surface area (Å²) in [6, 6.07) is 21.9. The Kier molecular flexibility index (Phi) is 9.07. The van der Waals surface area contributed by atoms with Crippen molar-refractivity contribution in [2.75, 3.05) is 0 Å². The highest BCUT2D eigenvalue weighted by Crippen LogP contribution is 2.28. The predicted octanol–water partition coefficient (Wildman–Crippen LogP) is 4.34. The van der Waals surface area contributed by atoms with E-state index in [1.54, 1.807) is 39.0 Å². The lowest BCUT2D eigenvalue weighted by Gasteiger charge is -2.27. The highest BCUT2D eigenvalue weighted by molar-refractivity contribution is 7.87. The van der Waals surface area contributed by atoms with E-state index in [0.29, 0.717) is 5.56 Å². The maximum absolute atomic E-state index is 13.1. The highest BCUT2D eigenvalue weighted by Gasteiger charge is 2.33. The number of benzene rings is 3. The smallest absolute Gasteiger partial charge is 0.339 e. The van der Waals surface area contributed by atoms with Crippen molar-refractivity contribution in [3.8, 4) is 5.75 Å². The summed E-state index contributed by atoms with van der Waals surface area (Å²) in [6.07, 6.45) is -0.225. The van der Waals surface area contributed by atoms with Crippen LogP contribution in [0.25, 0.3) is 0 Å². The fourth-order valence-corrected chi connectivity index (χ4v) is 4.47. The van der Waals surface area contributed by atoms with Crippen LogP contribution >= 0.6 is 0 Å². The quantitative estimate of drug-likeness (QED) is 0.306. The maximum Gasteiger partial charge on any atom is 0.339 e. The van der Waals surface area contributed by atoms with E-state index in [1.165, 1.54) is 36.4 Å². The van der Waals surface area contributed by atoms with Gasteiger partial charge in [-0.2, -0.15) is 8.42 Å². The molecule has 0 amide bonds. The number of nitrogens with two attached hydrogens (primary N) is 1. The number of carbonyl (C=O) groups excluding carboxylic acids is 2. The second-order valence-corrected chi connectivity index (χ2v) is 11.0. The first-order valence-corrected chi connectivity index (χ1v) is 13.1. The molecule has 3 rings (SSSR count). The zero-order chi connectivity index (χ0) is 27.1. The van der Waals surface area contributed by atoms with Gasteiger partial charge in [0.1, 0.15) is 22.9 Å². The normalized spacial score (nSPS) is 13.3. The fraction of sp³-hybridized carbons (Fsp3) is 0.286. The van der Waals surface area contributed by atoms with Crippen molar-refractivity contribution in [2.45, 2.75) is 56.3 Å². The lowest BCUT2D eigenvalue weighted by Crippen LogP contribution is -2.39. The molecule has 37 heavy (non-hydrogen) atoms. The van der Waals surface area contributed by atoms with Crippen molar-refractivity contribution in [2.24, 2.45) is 5.73 Å². The average Bonchev–Trinajstić information content (AvgIpc) is 2.84. The SMILES string of the molecule is CC(C)(C)OC(=O)C(c1ccc(OS(=O)(=O)c2ccccc2)cc1)C(N)CC(=O)OCc1ccccc1. The van der Waals surface area contributed by atoms with Crippen molar-refractivity contribution in [1.29, 1.82) is 0 Å². The monoisotopic (exact) mass is 525 g/mol. The van der Waals surface area contributed by atoms with Gasteiger partial charge in [-0.1, -0.05) is 60.7 Å². The molecule has 9 heteroatoms. The molecular formula is C28H31NO7S. The van der Waals surface area contributed by atoms with Crippen molar-refractivity contribution in [3.05, 3.63) is 96.1 Å². The Bertz CT molecular complexity index is 1290. The van der Waals surface area contributed by atoms with Crippen molar-refractivity contribution in [3.63, 3.8) is 0 Å². The number of rotatable bonds is 10. The van der Waals surface area contributed by atoms with Crippen LogP contribution in [0.2, 0.25) is 0 Å². The Morgan fingerprint density at radius 2 is 1.43 bits per heavy atom. The predicted molar refractivity (Wildman–Crippen MR) is 138 cm³/mol. The number of hydrogen-bond donors (Lipinski definition) is 1. The minimum Gasteiger partial charge on any atom is -0.461 e. The van der Waals surface area contributed by atoms with E-state index in [4.69, 9.17) is 19.4 Å². The largest absolute Gasteiger partial charge is 0.461 e. The third kappa shape index (κ3) is 8.44. The number of ether oxygens (including phenoxy) is 2. The first kappa shape index (κ1) is 27.9. The van der Waals surface area contributed by atoms with Crippen molar-refractivity contribution < 1.29 is 31.7 Å². The Hall–Kier alpha value is -3.69. The Labute approximate surface area is 217 Å². The Morgan fingerprint density at radius 1 is 0.865 bits per heavy atom. The van der Waals surface area contributed by atoms with Crippen LogP contribution in [-0.4, -0.2) is 32.0 Å². The zero-order valence-electron chi connectivity index (χ0n) is 21.0. The second kappa shape index (κ2) is 12.0. The molecule has 8 nitrogen and oxygen atoms in total. The summed E-state index contributed by atoms with van der Waals surface area (Å²) >= 11 is 0. The summed E-state index contributed by atoms with van der Waals surface area (Å²) in [6.45, 7) is 5.28. The molecular weight excluding hydrogens is 494 g/mol. The maximum atomic E-state index is 13.1. The topological polar surface area (TPSA) is 122 Å². The molecule has 0 fully saturated rings. The molecule has 0 aromatic heterocycles. The zero-order valence-corrected chi connectivity index (χ0v) is 21.8. The van der Waals surface area contributed by atoms with Crippen LogP contribution in [0.15, 0.2) is 89.8 Å². The van der Waals surface area contributed by atoms with Gasteiger partial charge < -0.3 is 19.4 Å². The third-order valence-corrected chi connectivity index (χ3v) is 6.47. The highest BCUT2D eigenvalue weighted by atomic mass is 32.2. The molecule has 2 N–H and O–H groups in total. The summed E-state index contributed by atoms with van der Waals surface area (Å²) in [5.74, 6) is -2.10. The van der Waals surface area contributed by atoms with E-state index in [0.717, 1.165) is 5.56 Å². The fourth-order valence-electron chi connectivity index (χ4n) is 3.52. The molecule has 0 spiro atoms. The van der Waals surface area contributed by atoms with Crippen LogP contribution in [-0.2, 0) is 35.8 Å². The molecule has 0 aliphatic heterocycles. The van der Waals surface area contributed by atoms with E-state index in [2.05, 4.69) is 0 Å². The summed E-state index contributed by atoms with van der Waals surface area (Å²) in [5.41, 5.74) is 6.82. The van der Waals surface area contributed by atoms with Crippen molar-refractivity contribution >= 4 is 22.1 Å². The van der Waals surface area contributed by atoms with E-state index < -0.39 is 39.6 Å². The third-order valence-electron chi connectivity index (χ3n) is 5.21. The summed E-state index contributed by atoms with van der Waals surface area (Å²) in [7, 11) is -4.03. The molecule has 196 valence electrons. The first-order chi connectivity index (χ1) is 17.4. The van der Waals surface area contributed by atoms with Gasteiger partial charge in [-0.15, -0.1) is 0 Å². The molecule has 0 aliphatic carbocycles. The standard InChI is InChI=1S/C28H31NO7S/c1-28(2,3)35-27(31)26(24(29)18-25(30)34-19-20-10-6-4-7-11-20)21-14-16-22(17-15-21)36-37(32,33)23-12-8-5-9-13-23/h4-17,24,26H,18-19,29H2,1-3H3. The van der Waals surface area contributed by atoms with Crippen LogP contribution < -0.4 is 9.92 Å². The molecule has 0 heterocycles. The van der Waals surface area contributed by atoms with E-state index >= 15 is 0 Å². The lowest BCUT2D eigenvalue weighted by atomic mass is 9.89. The summed E-state index contributed by atoms with van der Waals surface area (Å²) < 4.78 is 41.1. The molecule has 0 radical (unpaired) electrons. The number of carbonyl (C=O) groups is 2. The molecule has 0 saturated carbocycles. The van der Waals surface area contributed by atoms with Gasteiger partial charge in [0.15, 0.2) is 0 Å². The van der Waals surface area contributed by atoms with E-state index in [9.17, 15) is 18.0 Å². The summed E-state index contributed by atoms with van der Waals surface area (Å²) in [4.78, 5) is 25.6. The van der Waals surface area contributed by atoms with Gasteiger partial charge in [-0.3, -0.25) is 9.59 Å². The van der Waals surface area contributed by atoms with Gasteiger partial charge in [-0.25, -0.2) is 0 Å². The van der Waals surface area contributed by atoms with Crippen LogP contribution in [0.5, 0.6) is 5.75 Å². The van der Waals surface area contributed by atoms with Crippen LogP contribution in [0, 0.1) is 0 Å². The molecule has 0 bridgehead atoms. The minimum atomic E-state index is -4.03. The first-order valence-electron chi connectivity index (χ1n) is 11.7. The average molecular weight is 526 g/mol. The molecule has 0 saturated heterocycles. The Balaban J connectivity index is 1.75. The molecule has 2 unspecified atom stereocenters. The molecule has 3 aromatic carbocycles. The van der Waals surface area contributed by atoms with Gasteiger partial charge in [0.05, 0.1) is 12.3 Å². The second-order valence-electron chi connectivity index (χ2n) is 9.44. The van der Waals surface area contributed by atoms with Gasteiger partial charge >= 0.3 is 22.1 Å². The van der Waals surface area contributed by atoms with Crippen LogP contribution in [0.4, 0.5) is 0 Å². The van der Waals surface area contributed by atoms with E-state index in [1.807, 2.05) is 30.3 Å². The molecule has 2 atom stereocenters. The van der Waals surface area contributed by atoms with Gasteiger partial charge in [0, 0.05) is 6.04 Å². The van der Waals surface area contributed by atoms with Gasteiger partial charge in [0.25, 0.3) is 0 Å². The van der Waals surface area contributed by atoms with Crippen molar-refractivity contribution in [1.82, 2.24) is 0 Å². The molecule has 0 aliphatic rings. The molecule has 3 aromatic rings. The Morgan fingerprint density at radius 3 is 2.00 bits per heavy atom. The van der Waals surface area contributed by atoms with E-state index in [-0.39, 0.29) is 23.7 Å². The van der Waals surface area contributed by atoms with Gasteiger partial charge in [0.2, 0.25) is 0 Å². The lowest BCUT2D eigenvalue weighted by molar-refractivity contribution is -0.157. The minimum absolute atomic E-state index is 0.0155. The van der Waals surface area contributed by atoms with Crippen LogP contribution in [0.3, 0.4) is 0 Å². The summed E-state index contributed by atoms with van der Waals surface area (Å²) in [5, 5.41) is 0. The number of hydrogen-bond acceptors (Lipinski definition) is 8.